The Bertz CT molecular complexity index is 230. The minimum Gasteiger partial charge on any atom is -0.230 e. The van der Waals surface area contributed by atoms with E-state index in [0.717, 1.165) is 0 Å². The first-order valence-corrected chi connectivity index (χ1v) is 7.79. The third-order valence-corrected chi connectivity index (χ3v) is 5.15. The summed E-state index contributed by atoms with van der Waals surface area (Å²) in [6, 6.07) is 0. The zero-order valence-electron chi connectivity index (χ0n) is 12.6. The fourth-order valence-electron chi connectivity index (χ4n) is 3.59. The molecule has 0 heterocycles. The summed E-state index contributed by atoms with van der Waals surface area (Å²) in [5.74, 6) is 1.33. The van der Waals surface area contributed by atoms with E-state index in [1.165, 1.54) is 51.4 Å². The molecule has 106 valence electrons. The molecule has 2 aliphatic carbocycles. The Hall–Kier alpha value is -0.0800. The highest BCUT2D eigenvalue weighted by molar-refractivity contribution is 4.85. The van der Waals surface area contributed by atoms with Crippen molar-refractivity contribution in [3.05, 3.63) is 0 Å². The van der Waals surface area contributed by atoms with E-state index < -0.39 is 0 Å². The molecule has 0 aromatic carbocycles. The Labute approximate surface area is 112 Å². The summed E-state index contributed by atoms with van der Waals surface area (Å²) in [6.07, 6.45) is 10.6. The topological polar surface area (TPSA) is 18.5 Å². The van der Waals surface area contributed by atoms with Crippen molar-refractivity contribution in [3.8, 4) is 0 Å². The van der Waals surface area contributed by atoms with Crippen molar-refractivity contribution in [1.82, 2.24) is 0 Å². The van der Waals surface area contributed by atoms with Crippen molar-refractivity contribution < 1.29 is 9.78 Å². The van der Waals surface area contributed by atoms with Gasteiger partial charge in [0, 0.05) is 0 Å². The molecule has 2 heteroatoms. The third kappa shape index (κ3) is 3.27. The molecular weight excluding hydrogens is 224 g/mol. The van der Waals surface area contributed by atoms with Crippen molar-refractivity contribution in [2.75, 3.05) is 0 Å². The Morgan fingerprint density at radius 1 is 0.611 bits per heavy atom. The molecule has 2 saturated carbocycles. The van der Waals surface area contributed by atoms with E-state index in [1.54, 1.807) is 0 Å². The van der Waals surface area contributed by atoms with Crippen LogP contribution in [0.4, 0.5) is 0 Å². The molecule has 2 nitrogen and oxygen atoms in total. The smallest absolute Gasteiger partial charge is 0.101 e. The minimum atomic E-state index is -0.133. The fraction of sp³-hybridized carbons (Fsp3) is 1.00. The lowest BCUT2D eigenvalue weighted by molar-refractivity contribution is -0.417. The first-order chi connectivity index (χ1) is 8.42. The molecule has 0 aromatic heterocycles. The third-order valence-electron chi connectivity index (χ3n) is 5.15. The van der Waals surface area contributed by atoms with Gasteiger partial charge in [-0.05, 0) is 65.2 Å². The largest absolute Gasteiger partial charge is 0.230 e. The van der Waals surface area contributed by atoms with Crippen molar-refractivity contribution in [3.63, 3.8) is 0 Å². The van der Waals surface area contributed by atoms with Crippen molar-refractivity contribution in [2.45, 2.75) is 90.3 Å². The van der Waals surface area contributed by atoms with E-state index >= 15 is 0 Å². The first-order valence-electron chi connectivity index (χ1n) is 7.79. The maximum Gasteiger partial charge on any atom is 0.101 e. The first kappa shape index (κ1) is 14.3. The van der Waals surface area contributed by atoms with Gasteiger partial charge in [-0.25, -0.2) is 9.78 Å². The van der Waals surface area contributed by atoms with Gasteiger partial charge in [-0.15, -0.1) is 0 Å². The monoisotopic (exact) mass is 254 g/mol. The Morgan fingerprint density at radius 3 is 1.17 bits per heavy atom. The average molecular weight is 254 g/mol. The minimum absolute atomic E-state index is 0.133. The molecular formula is C16H30O2. The van der Waals surface area contributed by atoms with Crippen LogP contribution in [0.25, 0.3) is 0 Å². The lowest BCUT2D eigenvalue weighted by Crippen LogP contribution is -2.40. The zero-order chi connectivity index (χ0) is 13.2. The molecule has 0 amide bonds. The van der Waals surface area contributed by atoms with Gasteiger partial charge >= 0.3 is 0 Å². The van der Waals surface area contributed by atoms with Gasteiger partial charge in [-0.3, -0.25) is 0 Å². The fourth-order valence-corrected chi connectivity index (χ4v) is 3.59. The molecule has 0 saturated heterocycles. The molecule has 0 unspecified atom stereocenters. The average Bonchev–Trinajstić information content (AvgIpc) is 2.99. The molecule has 0 aromatic rings. The standard InChI is InChI=1S/C16H30O2/c1-15(2,13-9-5-6-10-13)17-18-16(3,4)14-11-7-8-12-14/h13-14H,5-12H2,1-4H3. The maximum absolute atomic E-state index is 5.89. The molecule has 2 rings (SSSR count). The van der Waals surface area contributed by atoms with Gasteiger partial charge in [0.2, 0.25) is 0 Å². The van der Waals surface area contributed by atoms with E-state index in [4.69, 9.17) is 9.78 Å². The van der Waals surface area contributed by atoms with Crippen LogP contribution in [0.5, 0.6) is 0 Å². The van der Waals surface area contributed by atoms with Crippen LogP contribution in [0, 0.1) is 11.8 Å². The summed E-state index contributed by atoms with van der Waals surface area (Å²) in [6.45, 7) is 8.75. The van der Waals surface area contributed by atoms with Gasteiger partial charge in [0.05, 0.1) is 0 Å². The second kappa shape index (κ2) is 5.50. The van der Waals surface area contributed by atoms with Crippen LogP contribution in [0.3, 0.4) is 0 Å². The highest BCUT2D eigenvalue weighted by Crippen LogP contribution is 2.40. The Kier molecular flexibility index (Phi) is 4.38. The molecule has 18 heavy (non-hydrogen) atoms. The summed E-state index contributed by atoms with van der Waals surface area (Å²) in [5.41, 5.74) is -0.265. The van der Waals surface area contributed by atoms with Crippen LogP contribution < -0.4 is 0 Å². The van der Waals surface area contributed by atoms with Crippen molar-refractivity contribution >= 4 is 0 Å². The summed E-state index contributed by atoms with van der Waals surface area (Å²) >= 11 is 0. The van der Waals surface area contributed by atoms with E-state index in [-0.39, 0.29) is 11.2 Å². The summed E-state index contributed by atoms with van der Waals surface area (Å²) in [7, 11) is 0. The predicted molar refractivity (Wildman–Crippen MR) is 74.2 cm³/mol. The molecule has 0 bridgehead atoms. The van der Waals surface area contributed by atoms with Gasteiger partial charge in [0.1, 0.15) is 11.2 Å². The molecule has 2 fully saturated rings. The highest BCUT2D eigenvalue weighted by atomic mass is 17.2. The van der Waals surface area contributed by atoms with Crippen LogP contribution in [0.1, 0.15) is 79.1 Å². The number of hydrogen-bond donors (Lipinski definition) is 0. The van der Waals surface area contributed by atoms with E-state index in [1.807, 2.05) is 0 Å². The molecule has 0 N–H and O–H groups in total. The van der Waals surface area contributed by atoms with E-state index in [2.05, 4.69) is 27.7 Å². The van der Waals surface area contributed by atoms with Crippen LogP contribution >= 0.6 is 0 Å². The maximum atomic E-state index is 5.89. The van der Waals surface area contributed by atoms with Gasteiger partial charge < -0.3 is 0 Å². The van der Waals surface area contributed by atoms with Gasteiger partial charge in [0.25, 0.3) is 0 Å². The second-order valence-electron chi connectivity index (χ2n) is 7.34. The lowest BCUT2D eigenvalue weighted by Gasteiger charge is -2.37. The molecule has 0 radical (unpaired) electrons. The molecule has 2 aliphatic rings. The number of hydrogen-bond acceptors (Lipinski definition) is 2. The van der Waals surface area contributed by atoms with Gasteiger partial charge in [-0.2, -0.15) is 0 Å². The summed E-state index contributed by atoms with van der Waals surface area (Å²) in [5, 5.41) is 0. The van der Waals surface area contributed by atoms with Crippen LogP contribution in [0.2, 0.25) is 0 Å². The predicted octanol–water partition coefficient (Wildman–Crippen LogP) is 4.87. The molecule has 0 spiro atoms. The summed E-state index contributed by atoms with van der Waals surface area (Å²) in [4.78, 5) is 11.8. The number of rotatable bonds is 5. The second-order valence-corrected chi connectivity index (χ2v) is 7.34. The SMILES string of the molecule is CC(C)(OOC(C)(C)C1CCCC1)C1CCCC1. The van der Waals surface area contributed by atoms with Crippen LogP contribution in [-0.2, 0) is 9.78 Å². The normalized spacial score (nSPS) is 24.0. The van der Waals surface area contributed by atoms with E-state index in [0.29, 0.717) is 11.8 Å². The van der Waals surface area contributed by atoms with Crippen molar-refractivity contribution in [1.29, 1.82) is 0 Å². The van der Waals surface area contributed by atoms with Gasteiger partial charge in [-0.1, -0.05) is 25.7 Å². The van der Waals surface area contributed by atoms with Crippen LogP contribution in [0.15, 0.2) is 0 Å². The lowest BCUT2D eigenvalue weighted by atomic mass is 9.89. The molecule has 0 aliphatic heterocycles. The Morgan fingerprint density at radius 2 is 0.889 bits per heavy atom. The van der Waals surface area contributed by atoms with Gasteiger partial charge in [0.15, 0.2) is 0 Å². The quantitative estimate of drug-likeness (QED) is 0.514. The van der Waals surface area contributed by atoms with Crippen molar-refractivity contribution in [2.24, 2.45) is 11.8 Å². The summed E-state index contributed by atoms with van der Waals surface area (Å²) < 4.78 is 0. The Balaban J connectivity index is 1.85. The zero-order valence-corrected chi connectivity index (χ0v) is 12.6. The van der Waals surface area contributed by atoms with Crippen LogP contribution in [-0.4, -0.2) is 11.2 Å². The molecule has 0 atom stereocenters. The van der Waals surface area contributed by atoms with E-state index in [9.17, 15) is 0 Å². The highest BCUT2D eigenvalue weighted by Gasteiger charge is 2.39.